The zero-order chi connectivity index (χ0) is 13.7. The fraction of sp³-hybridized carbons (Fsp3) is 0.286. The zero-order valence-corrected chi connectivity index (χ0v) is 12.4. The maximum atomic E-state index is 5.91. The van der Waals surface area contributed by atoms with E-state index in [1.165, 1.54) is 4.88 Å². The van der Waals surface area contributed by atoms with Gasteiger partial charge in [-0.1, -0.05) is 17.7 Å². The number of likely N-dealkylation sites (N-methyl/N-ethyl adjacent to an activating group) is 1. The summed E-state index contributed by atoms with van der Waals surface area (Å²) in [6.07, 6.45) is 0. The molecule has 1 heterocycles. The number of ether oxygens (including phenoxy) is 1. The van der Waals surface area contributed by atoms with Gasteiger partial charge in [0.05, 0.1) is 4.34 Å². The molecule has 19 heavy (non-hydrogen) atoms. The summed E-state index contributed by atoms with van der Waals surface area (Å²) in [7, 11) is 2.07. The number of nitrogens with zero attached hydrogens (tertiary/aromatic N) is 1. The first-order chi connectivity index (χ1) is 9.13. The maximum absolute atomic E-state index is 5.91. The lowest BCUT2D eigenvalue weighted by atomic mass is 10.3. The predicted molar refractivity (Wildman–Crippen MR) is 82.0 cm³/mol. The highest BCUT2D eigenvalue weighted by Crippen LogP contribution is 2.22. The first-order valence-electron chi connectivity index (χ1n) is 6.04. The van der Waals surface area contributed by atoms with Crippen LogP contribution >= 0.6 is 22.9 Å². The van der Waals surface area contributed by atoms with Crippen LogP contribution in [0.4, 0.5) is 5.69 Å². The normalized spacial score (nSPS) is 10.9. The largest absolute Gasteiger partial charge is 0.492 e. The molecule has 0 saturated carbocycles. The minimum Gasteiger partial charge on any atom is -0.492 e. The molecule has 2 aromatic rings. The summed E-state index contributed by atoms with van der Waals surface area (Å²) in [6.45, 7) is 2.38. The van der Waals surface area contributed by atoms with Crippen LogP contribution in [-0.4, -0.2) is 25.1 Å². The number of thiophene rings is 1. The van der Waals surface area contributed by atoms with Crippen molar-refractivity contribution >= 4 is 28.6 Å². The number of benzene rings is 1. The fourth-order valence-electron chi connectivity index (χ4n) is 1.71. The topological polar surface area (TPSA) is 38.5 Å². The van der Waals surface area contributed by atoms with Crippen LogP contribution in [0.15, 0.2) is 36.4 Å². The van der Waals surface area contributed by atoms with Crippen molar-refractivity contribution in [3.8, 4) is 5.75 Å². The Morgan fingerprint density at radius 2 is 2.16 bits per heavy atom. The molecule has 0 bridgehead atoms. The molecule has 0 amide bonds. The van der Waals surface area contributed by atoms with Crippen molar-refractivity contribution < 1.29 is 4.74 Å². The minimum absolute atomic E-state index is 0.638. The van der Waals surface area contributed by atoms with Gasteiger partial charge in [-0.05, 0) is 31.3 Å². The lowest BCUT2D eigenvalue weighted by Gasteiger charge is -2.16. The van der Waals surface area contributed by atoms with Crippen LogP contribution in [-0.2, 0) is 6.54 Å². The smallest absolute Gasteiger partial charge is 0.121 e. The van der Waals surface area contributed by atoms with E-state index >= 15 is 0 Å². The molecule has 0 spiro atoms. The molecule has 1 aromatic carbocycles. The summed E-state index contributed by atoms with van der Waals surface area (Å²) in [6, 6.07) is 11.5. The molecule has 0 radical (unpaired) electrons. The highest BCUT2D eigenvalue weighted by Gasteiger charge is 2.03. The highest BCUT2D eigenvalue weighted by molar-refractivity contribution is 7.16. The Bertz CT molecular complexity index is 530. The van der Waals surface area contributed by atoms with Gasteiger partial charge in [-0.2, -0.15) is 0 Å². The third kappa shape index (κ3) is 4.74. The number of hydrogen-bond donors (Lipinski definition) is 1. The lowest BCUT2D eigenvalue weighted by Crippen LogP contribution is -2.23. The highest BCUT2D eigenvalue weighted by atomic mass is 35.5. The van der Waals surface area contributed by atoms with Crippen molar-refractivity contribution in [1.82, 2.24) is 4.90 Å². The van der Waals surface area contributed by atoms with Gasteiger partial charge in [0.2, 0.25) is 0 Å². The molecule has 0 fully saturated rings. The van der Waals surface area contributed by atoms with Gasteiger partial charge in [0.1, 0.15) is 12.4 Å². The van der Waals surface area contributed by atoms with Crippen LogP contribution in [0.25, 0.3) is 0 Å². The zero-order valence-electron chi connectivity index (χ0n) is 10.8. The molecule has 3 nitrogen and oxygen atoms in total. The minimum atomic E-state index is 0.638. The summed E-state index contributed by atoms with van der Waals surface area (Å²) in [5.74, 6) is 0.813. The number of nitrogen functional groups attached to an aromatic ring is 1. The van der Waals surface area contributed by atoms with Gasteiger partial charge in [0.15, 0.2) is 0 Å². The monoisotopic (exact) mass is 296 g/mol. The van der Waals surface area contributed by atoms with Crippen molar-refractivity contribution in [2.45, 2.75) is 6.54 Å². The Kier molecular flexibility index (Phi) is 5.07. The van der Waals surface area contributed by atoms with Crippen molar-refractivity contribution in [3.63, 3.8) is 0 Å². The van der Waals surface area contributed by atoms with Crippen LogP contribution in [0.2, 0.25) is 4.34 Å². The Hall–Kier alpha value is -1.23. The lowest BCUT2D eigenvalue weighted by molar-refractivity contribution is 0.234. The van der Waals surface area contributed by atoms with Gasteiger partial charge in [-0.3, -0.25) is 4.90 Å². The van der Waals surface area contributed by atoms with E-state index in [2.05, 4.69) is 18.0 Å². The predicted octanol–water partition coefficient (Wildman–Crippen LogP) is 3.49. The van der Waals surface area contributed by atoms with Crippen LogP contribution in [0.5, 0.6) is 5.75 Å². The van der Waals surface area contributed by atoms with E-state index in [9.17, 15) is 0 Å². The van der Waals surface area contributed by atoms with Crippen molar-refractivity contribution in [2.24, 2.45) is 0 Å². The van der Waals surface area contributed by atoms with Gasteiger partial charge in [0.25, 0.3) is 0 Å². The quantitative estimate of drug-likeness (QED) is 0.829. The van der Waals surface area contributed by atoms with Gasteiger partial charge in [-0.25, -0.2) is 0 Å². The van der Waals surface area contributed by atoms with Crippen LogP contribution < -0.4 is 10.5 Å². The van der Waals surface area contributed by atoms with Crippen molar-refractivity contribution in [2.75, 3.05) is 25.9 Å². The first kappa shape index (κ1) is 14.2. The molecule has 0 unspecified atom stereocenters. The van der Waals surface area contributed by atoms with Gasteiger partial charge in [-0.15, -0.1) is 11.3 Å². The number of rotatable bonds is 6. The van der Waals surface area contributed by atoms with E-state index in [1.54, 1.807) is 11.3 Å². The van der Waals surface area contributed by atoms with Crippen LogP contribution in [0, 0.1) is 0 Å². The Labute approximate surface area is 122 Å². The Morgan fingerprint density at radius 3 is 2.84 bits per heavy atom. The molecule has 0 aliphatic heterocycles. The van der Waals surface area contributed by atoms with E-state index in [0.29, 0.717) is 6.61 Å². The molecule has 0 aliphatic carbocycles. The molecular formula is C14H17ClN2OS. The number of nitrogens with two attached hydrogens (primary N) is 1. The third-order valence-corrected chi connectivity index (χ3v) is 3.87. The summed E-state index contributed by atoms with van der Waals surface area (Å²) in [5, 5.41) is 0. The standard InChI is InChI=1S/C14H17ClN2OS/c1-17(10-13-5-6-14(15)19-13)7-8-18-12-4-2-3-11(16)9-12/h2-6,9H,7-8,10,16H2,1H3. The molecule has 1 aromatic heterocycles. The SMILES string of the molecule is CN(CCOc1cccc(N)c1)Cc1ccc(Cl)s1. The van der Waals surface area contributed by atoms with E-state index in [-0.39, 0.29) is 0 Å². The summed E-state index contributed by atoms with van der Waals surface area (Å²) in [4.78, 5) is 3.46. The summed E-state index contributed by atoms with van der Waals surface area (Å²) in [5.41, 5.74) is 6.41. The van der Waals surface area contributed by atoms with Crippen LogP contribution in [0.1, 0.15) is 4.88 Å². The second-order valence-electron chi connectivity index (χ2n) is 4.36. The molecule has 2 N–H and O–H groups in total. The Morgan fingerprint density at radius 1 is 1.32 bits per heavy atom. The van der Waals surface area contributed by atoms with Gasteiger partial charge < -0.3 is 10.5 Å². The Balaban J connectivity index is 1.73. The van der Waals surface area contributed by atoms with E-state index in [0.717, 1.165) is 28.9 Å². The molecule has 2 rings (SSSR count). The van der Waals surface area contributed by atoms with Gasteiger partial charge in [0, 0.05) is 29.7 Å². The van der Waals surface area contributed by atoms with E-state index in [1.807, 2.05) is 30.3 Å². The van der Waals surface area contributed by atoms with Gasteiger partial charge >= 0.3 is 0 Å². The molecule has 0 aliphatic rings. The van der Waals surface area contributed by atoms with Crippen LogP contribution in [0.3, 0.4) is 0 Å². The molecular weight excluding hydrogens is 280 g/mol. The maximum Gasteiger partial charge on any atom is 0.121 e. The fourth-order valence-corrected chi connectivity index (χ4v) is 2.87. The second-order valence-corrected chi connectivity index (χ2v) is 6.16. The second kappa shape index (κ2) is 6.80. The van der Waals surface area contributed by atoms with E-state index < -0.39 is 0 Å². The number of halogens is 1. The molecule has 5 heteroatoms. The summed E-state index contributed by atoms with van der Waals surface area (Å²) >= 11 is 7.52. The summed E-state index contributed by atoms with van der Waals surface area (Å²) < 4.78 is 6.49. The average Bonchev–Trinajstić information content (AvgIpc) is 2.75. The number of anilines is 1. The van der Waals surface area contributed by atoms with Crippen molar-refractivity contribution in [3.05, 3.63) is 45.6 Å². The third-order valence-electron chi connectivity index (χ3n) is 2.65. The average molecular weight is 297 g/mol. The molecule has 102 valence electrons. The molecule has 0 saturated heterocycles. The van der Waals surface area contributed by atoms with Crippen molar-refractivity contribution in [1.29, 1.82) is 0 Å². The first-order valence-corrected chi connectivity index (χ1v) is 7.24. The number of hydrogen-bond acceptors (Lipinski definition) is 4. The molecule has 0 atom stereocenters. The van der Waals surface area contributed by atoms with E-state index in [4.69, 9.17) is 22.1 Å².